The number of aryl methyl sites for hydroxylation is 1. The van der Waals surface area contributed by atoms with Crippen LogP contribution in [0.1, 0.15) is 5.56 Å². The highest BCUT2D eigenvalue weighted by Crippen LogP contribution is 2.18. The van der Waals surface area contributed by atoms with Gasteiger partial charge in [0.2, 0.25) is 0 Å². The van der Waals surface area contributed by atoms with Gasteiger partial charge < -0.3 is 10.1 Å². The van der Waals surface area contributed by atoms with E-state index in [4.69, 9.17) is 4.74 Å². The summed E-state index contributed by atoms with van der Waals surface area (Å²) >= 11 is 3.38. The zero-order chi connectivity index (χ0) is 13.7. The molecule has 0 aliphatic carbocycles. The van der Waals surface area contributed by atoms with Gasteiger partial charge in [-0.25, -0.2) is 4.39 Å². The van der Waals surface area contributed by atoms with Gasteiger partial charge in [0, 0.05) is 22.8 Å². The molecular formula is C15H15BrFNO. The molecule has 0 aliphatic rings. The van der Waals surface area contributed by atoms with Crippen LogP contribution in [-0.4, -0.2) is 13.2 Å². The molecule has 19 heavy (non-hydrogen) atoms. The van der Waals surface area contributed by atoms with Crippen molar-refractivity contribution in [1.29, 1.82) is 0 Å². The van der Waals surface area contributed by atoms with E-state index < -0.39 is 0 Å². The van der Waals surface area contributed by atoms with Crippen molar-refractivity contribution in [2.45, 2.75) is 6.92 Å². The number of halogens is 2. The van der Waals surface area contributed by atoms with Crippen LogP contribution >= 0.6 is 15.9 Å². The van der Waals surface area contributed by atoms with Crippen LogP contribution in [0.4, 0.5) is 10.1 Å². The van der Waals surface area contributed by atoms with E-state index in [1.165, 1.54) is 12.1 Å². The van der Waals surface area contributed by atoms with Crippen molar-refractivity contribution in [3.05, 3.63) is 58.3 Å². The normalized spacial score (nSPS) is 10.3. The molecule has 100 valence electrons. The molecule has 2 aromatic carbocycles. The molecule has 2 rings (SSSR count). The van der Waals surface area contributed by atoms with Gasteiger partial charge in [-0.05, 0) is 42.8 Å². The van der Waals surface area contributed by atoms with Gasteiger partial charge in [-0.3, -0.25) is 0 Å². The van der Waals surface area contributed by atoms with Crippen LogP contribution in [0.15, 0.2) is 46.9 Å². The van der Waals surface area contributed by atoms with Crippen LogP contribution in [-0.2, 0) is 0 Å². The Morgan fingerprint density at radius 3 is 2.63 bits per heavy atom. The lowest BCUT2D eigenvalue weighted by molar-refractivity contribution is 0.328. The van der Waals surface area contributed by atoms with Gasteiger partial charge in [0.25, 0.3) is 0 Å². The van der Waals surface area contributed by atoms with E-state index in [9.17, 15) is 4.39 Å². The number of hydrogen-bond donors (Lipinski definition) is 1. The summed E-state index contributed by atoms with van der Waals surface area (Å²) in [5, 5.41) is 3.24. The smallest absolute Gasteiger partial charge is 0.126 e. The van der Waals surface area contributed by atoms with Gasteiger partial charge >= 0.3 is 0 Å². The Bertz CT molecular complexity index is 542. The Kier molecular flexibility index (Phi) is 4.80. The summed E-state index contributed by atoms with van der Waals surface area (Å²) < 4.78 is 19.7. The van der Waals surface area contributed by atoms with Crippen molar-refractivity contribution < 1.29 is 9.13 Å². The largest absolute Gasteiger partial charge is 0.491 e. The molecule has 0 amide bonds. The lowest BCUT2D eigenvalue weighted by Crippen LogP contribution is -2.11. The van der Waals surface area contributed by atoms with Gasteiger partial charge in [-0.1, -0.05) is 22.0 Å². The summed E-state index contributed by atoms with van der Waals surface area (Å²) in [5.74, 6) is 0.319. The average molecular weight is 324 g/mol. The molecule has 0 saturated carbocycles. The SMILES string of the molecule is Cc1ccc(F)cc1OCCNc1ccc(Br)cc1. The van der Waals surface area contributed by atoms with Crippen LogP contribution in [0.25, 0.3) is 0 Å². The van der Waals surface area contributed by atoms with Gasteiger partial charge in [0.1, 0.15) is 18.2 Å². The van der Waals surface area contributed by atoms with Crippen molar-refractivity contribution in [2.75, 3.05) is 18.5 Å². The highest BCUT2D eigenvalue weighted by Gasteiger charge is 2.01. The zero-order valence-electron chi connectivity index (χ0n) is 10.6. The minimum absolute atomic E-state index is 0.276. The molecule has 0 saturated heterocycles. The van der Waals surface area contributed by atoms with E-state index in [-0.39, 0.29) is 5.82 Å². The number of anilines is 1. The average Bonchev–Trinajstić information content (AvgIpc) is 2.40. The van der Waals surface area contributed by atoms with Crippen LogP contribution in [0.3, 0.4) is 0 Å². The lowest BCUT2D eigenvalue weighted by Gasteiger charge is -2.10. The molecule has 1 N–H and O–H groups in total. The van der Waals surface area contributed by atoms with Crippen molar-refractivity contribution >= 4 is 21.6 Å². The predicted molar refractivity (Wildman–Crippen MR) is 79.3 cm³/mol. The zero-order valence-corrected chi connectivity index (χ0v) is 12.2. The summed E-state index contributed by atoms with van der Waals surface area (Å²) in [6.07, 6.45) is 0. The molecule has 2 nitrogen and oxygen atoms in total. The minimum Gasteiger partial charge on any atom is -0.491 e. The first-order valence-corrected chi connectivity index (χ1v) is 6.83. The maximum absolute atomic E-state index is 13.1. The van der Waals surface area contributed by atoms with E-state index in [0.717, 1.165) is 15.7 Å². The summed E-state index contributed by atoms with van der Waals surface area (Å²) in [6.45, 7) is 3.05. The number of hydrogen-bond acceptors (Lipinski definition) is 2. The number of benzene rings is 2. The molecule has 0 fully saturated rings. The molecule has 0 aromatic heterocycles. The molecular weight excluding hydrogens is 309 g/mol. The molecule has 0 spiro atoms. The topological polar surface area (TPSA) is 21.3 Å². The fourth-order valence-corrected chi connectivity index (χ4v) is 1.92. The molecule has 0 radical (unpaired) electrons. The summed E-state index contributed by atoms with van der Waals surface area (Å²) in [5.41, 5.74) is 1.97. The molecule has 2 aromatic rings. The molecule has 0 atom stereocenters. The van der Waals surface area contributed by atoms with Gasteiger partial charge in [0.05, 0.1) is 0 Å². The predicted octanol–water partition coefficient (Wildman–Crippen LogP) is 4.39. The second kappa shape index (κ2) is 6.57. The Labute approximate surface area is 120 Å². The van der Waals surface area contributed by atoms with E-state index in [1.807, 2.05) is 31.2 Å². The van der Waals surface area contributed by atoms with Crippen molar-refractivity contribution in [3.8, 4) is 5.75 Å². The van der Waals surface area contributed by atoms with Crippen LogP contribution in [0, 0.1) is 12.7 Å². The maximum Gasteiger partial charge on any atom is 0.126 e. The van der Waals surface area contributed by atoms with E-state index >= 15 is 0 Å². The summed E-state index contributed by atoms with van der Waals surface area (Å²) in [7, 11) is 0. The Hall–Kier alpha value is -1.55. The minimum atomic E-state index is -0.276. The van der Waals surface area contributed by atoms with Crippen molar-refractivity contribution in [1.82, 2.24) is 0 Å². The van der Waals surface area contributed by atoms with Gasteiger partial charge in [0.15, 0.2) is 0 Å². The van der Waals surface area contributed by atoms with Crippen LogP contribution in [0.5, 0.6) is 5.75 Å². The lowest BCUT2D eigenvalue weighted by atomic mass is 10.2. The first-order valence-electron chi connectivity index (χ1n) is 6.03. The second-order valence-electron chi connectivity index (χ2n) is 4.19. The van der Waals surface area contributed by atoms with E-state index in [0.29, 0.717) is 18.9 Å². The molecule has 0 aliphatic heterocycles. The summed E-state index contributed by atoms with van der Waals surface area (Å²) in [6, 6.07) is 12.5. The Morgan fingerprint density at radius 1 is 1.16 bits per heavy atom. The Morgan fingerprint density at radius 2 is 1.89 bits per heavy atom. The van der Waals surface area contributed by atoms with Crippen LogP contribution < -0.4 is 10.1 Å². The van der Waals surface area contributed by atoms with Gasteiger partial charge in [-0.15, -0.1) is 0 Å². The first kappa shape index (κ1) is 13.9. The molecule has 0 unspecified atom stereocenters. The molecule has 0 heterocycles. The van der Waals surface area contributed by atoms with Crippen molar-refractivity contribution in [2.24, 2.45) is 0 Å². The van der Waals surface area contributed by atoms with Crippen molar-refractivity contribution in [3.63, 3.8) is 0 Å². The maximum atomic E-state index is 13.1. The molecule has 0 bridgehead atoms. The van der Waals surface area contributed by atoms with E-state index in [1.54, 1.807) is 6.07 Å². The third-order valence-corrected chi connectivity index (χ3v) is 3.21. The quantitative estimate of drug-likeness (QED) is 0.824. The van der Waals surface area contributed by atoms with E-state index in [2.05, 4.69) is 21.2 Å². The third kappa shape index (κ3) is 4.24. The number of nitrogens with one attached hydrogen (secondary N) is 1. The fraction of sp³-hybridized carbons (Fsp3) is 0.200. The highest BCUT2D eigenvalue weighted by atomic mass is 79.9. The second-order valence-corrected chi connectivity index (χ2v) is 5.11. The Balaban J connectivity index is 1.80. The fourth-order valence-electron chi connectivity index (χ4n) is 1.65. The number of ether oxygens (including phenoxy) is 1. The number of rotatable bonds is 5. The molecule has 4 heteroatoms. The van der Waals surface area contributed by atoms with Crippen LogP contribution in [0.2, 0.25) is 0 Å². The third-order valence-electron chi connectivity index (χ3n) is 2.68. The first-order chi connectivity index (χ1) is 9.15. The van der Waals surface area contributed by atoms with Gasteiger partial charge in [-0.2, -0.15) is 0 Å². The standard InChI is InChI=1S/C15H15BrFNO/c1-11-2-5-13(17)10-15(11)19-9-8-18-14-6-3-12(16)4-7-14/h2-7,10,18H,8-9H2,1H3. The monoisotopic (exact) mass is 323 g/mol. The highest BCUT2D eigenvalue weighted by molar-refractivity contribution is 9.10. The summed E-state index contributed by atoms with van der Waals surface area (Å²) in [4.78, 5) is 0.